The molecule has 1 aliphatic rings. The molecule has 12 rings (SSSR count). The van der Waals surface area contributed by atoms with Crippen molar-refractivity contribution in [2.45, 2.75) is 111 Å². The zero-order chi connectivity index (χ0) is 56.0. The first kappa shape index (κ1) is 46.9. The second-order valence-electron chi connectivity index (χ2n) is 24.1. The zero-order valence-electron chi connectivity index (χ0n) is 48.7. The van der Waals surface area contributed by atoms with Crippen LogP contribution >= 0.6 is 0 Å². The van der Waals surface area contributed by atoms with Gasteiger partial charge < -0.3 is 0 Å². The molecule has 77 heavy (non-hydrogen) atoms. The number of nitrogens with zero attached hydrogens (tertiary/aromatic N) is 4. The van der Waals surface area contributed by atoms with Crippen LogP contribution in [0.5, 0.6) is 11.5 Å². The van der Waals surface area contributed by atoms with Gasteiger partial charge in [-0.3, -0.25) is 0 Å². The van der Waals surface area contributed by atoms with Gasteiger partial charge in [-0.05, 0) is 65.8 Å². The number of fused-ring (bicyclic) bond motifs is 5. The fraction of sp³-hybridized carbons (Fsp3) is 0.239. The Kier molecular flexibility index (Phi) is 11.8. The van der Waals surface area contributed by atoms with Gasteiger partial charge >= 0.3 is 346 Å². The topological polar surface area (TPSA) is 36.9 Å². The number of imidazole rings is 1. The molecule has 3 heterocycles. The summed E-state index contributed by atoms with van der Waals surface area (Å²) in [4.78, 5) is 5.11. The van der Waals surface area contributed by atoms with Gasteiger partial charge in [-0.25, -0.2) is 0 Å². The fourth-order valence-electron chi connectivity index (χ4n) is 11.4. The van der Waals surface area contributed by atoms with Crippen LogP contribution in [0.4, 0.5) is 0 Å². The molecule has 0 N–H and O–H groups in total. The molecule has 8 aromatic carbocycles. The smallest absolute Gasteiger partial charge is 0.0579 e. The van der Waals surface area contributed by atoms with Crippen molar-refractivity contribution in [1.82, 2.24) is 18.7 Å². The maximum absolute atomic E-state index is 8.83. The number of benzene rings is 8. The third-order valence-corrected chi connectivity index (χ3v) is 16.7. The number of para-hydroxylation sites is 3. The molecular formula is C71H68N4OPt. The minimum absolute atomic E-state index is 0.0348. The van der Waals surface area contributed by atoms with E-state index in [1.54, 1.807) is 12.3 Å². The number of ether oxygens (including phenoxy) is 1. The van der Waals surface area contributed by atoms with Gasteiger partial charge in [0, 0.05) is 15.9 Å². The van der Waals surface area contributed by atoms with E-state index in [-0.39, 0.29) is 21.8 Å². The molecule has 0 unspecified atom stereocenters. The summed E-state index contributed by atoms with van der Waals surface area (Å²) in [6.07, 6.45) is 6.11. The van der Waals surface area contributed by atoms with Gasteiger partial charge in [-0.2, -0.15) is 0 Å². The van der Waals surface area contributed by atoms with Crippen LogP contribution in [0.3, 0.4) is 0 Å². The molecular weight excluding hydrogens is 1120 g/mol. The zero-order valence-corrected chi connectivity index (χ0v) is 47.9. The summed E-state index contributed by atoms with van der Waals surface area (Å²) in [6, 6.07) is 62.7. The average molecular weight is 1190 g/mol. The van der Waals surface area contributed by atoms with Gasteiger partial charge in [-0.1, -0.05) is 45.0 Å². The fourth-order valence-corrected chi connectivity index (χ4v) is 12.5. The minimum Gasteiger partial charge on any atom is -0.0579 e. The number of rotatable bonds is 8. The van der Waals surface area contributed by atoms with E-state index in [0.29, 0.717) is 22.9 Å². The predicted molar refractivity (Wildman–Crippen MR) is 318 cm³/mol. The van der Waals surface area contributed by atoms with Crippen LogP contribution in [-0.4, -0.2) is 18.7 Å². The van der Waals surface area contributed by atoms with E-state index in [1.807, 2.05) is 18.2 Å². The van der Waals surface area contributed by atoms with Gasteiger partial charge in [0.2, 0.25) is 0 Å². The summed E-state index contributed by atoms with van der Waals surface area (Å²) in [5.41, 5.74) is 18.8. The van der Waals surface area contributed by atoms with Crippen molar-refractivity contribution in [3.05, 3.63) is 219 Å². The molecule has 11 aromatic rings. The summed E-state index contributed by atoms with van der Waals surface area (Å²) >= 11 is 2.52. The third-order valence-electron chi connectivity index (χ3n) is 15.7. The van der Waals surface area contributed by atoms with Gasteiger partial charge in [0.25, 0.3) is 0 Å². The Balaban J connectivity index is 0.993. The Labute approximate surface area is 469 Å². The summed E-state index contributed by atoms with van der Waals surface area (Å²) in [7, 11) is 0. The van der Waals surface area contributed by atoms with Crippen LogP contribution in [0, 0.1) is 10.7 Å². The monoisotopic (exact) mass is 1190 g/mol. The van der Waals surface area contributed by atoms with Crippen molar-refractivity contribution in [3.63, 3.8) is 0 Å². The van der Waals surface area contributed by atoms with Crippen LogP contribution in [0.25, 0.3) is 83.4 Å². The number of hydrogen-bond donors (Lipinski definition) is 0. The third kappa shape index (κ3) is 9.35. The number of aryl methyl sites for hydroxylation is 3. The molecule has 0 atom stereocenters. The molecule has 0 aliphatic heterocycles. The van der Waals surface area contributed by atoms with Crippen LogP contribution in [0.2, 0.25) is 0 Å². The molecule has 0 radical (unpaired) electrons. The molecule has 388 valence electrons. The van der Waals surface area contributed by atoms with Crippen molar-refractivity contribution in [2.75, 3.05) is 0 Å². The van der Waals surface area contributed by atoms with Crippen LogP contribution in [0.15, 0.2) is 182 Å². The van der Waals surface area contributed by atoms with Crippen molar-refractivity contribution in [1.29, 1.82) is 0 Å². The van der Waals surface area contributed by atoms with E-state index in [0.717, 1.165) is 89.5 Å². The summed E-state index contributed by atoms with van der Waals surface area (Å²) in [6.45, 7) is 18.0. The Bertz CT molecular complexity index is 4240. The van der Waals surface area contributed by atoms with Crippen molar-refractivity contribution < 1.29 is 28.2 Å². The first-order valence-electron chi connectivity index (χ1n) is 28.6. The van der Waals surface area contributed by atoms with Gasteiger partial charge in [0.15, 0.2) is 0 Å². The normalized spacial score (nSPS) is 13.9. The molecule has 0 fully saturated rings. The summed E-state index contributed by atoms with van der Waals surface area (Å²) < 4.78 is 41.4. The molecule has 6 heteroatoms. The van der Waals surface area contributed by atoms with E-state index in [9.17, 15) is 0 Å². The molecule has 3 aromatic heterocycles. The second-order valence-corrected chi connectivity index (χ2v) is 25.2. The summed E-state index contributed by atoms with van der Waals surface area (Å²) in [5, 5.41) is 2.17. The summed E-state index contributed by atoms with van der Waals surface area (Å²) in [5.74, 6) is 1.90. The molecule has 0 spiro atoms. The number of aromatic nitrogens is 4. The van der Waals surface area contributed by atoms with Gasteiger partial charge in [0.1, 0.15) is 0 Å². The van der Waals surface area contributed by atoms with Crippen LogP contribution in [-0.2, 0) is 48.4 Å². The van der Waals surface area contributed by atoms with E-state index >= 15 is 0 Å². The van der Waals surface area contributed by atoms with Gasteiger partial charge in [-0.15, -0.1) is 0 Å². The molecule has 0 amide bonds. The Morgan fingerprint density at radius 1 is 0.468 bits per heavy atom. The molecule has 1 aliphatic carbocycles. The first-order chi connectivity index (χ1) is 38.1. The second kappa shape index (κ2) is 19.3. The first-order valence-corrected chi connectivity index (χ1v) is 28.3. The Hall–Kier alpha value is -7.33. The SMILES string of the molecule is [2H]C([2H])([2H])c1cc(-n2c3cc(Oc4cccc(-n5[c](=[Pt])n(-c6c(-c7ccccc7)cccc6-c6cc(C(C)(C)C)cc(C(C)(C)C)c6)c6ccccc65)c4)ccc3c3cc4c(cc32)CCCC4)ncc1-c1ccc(C(C)(C)C)cc1. The van der Waals surface area contributed by atoms with E-state index in [2.05, 4.69) is 247 Å². The van der Waals surface area contributed by atoms with Crippen molar-refractivity contribution in [3.8, 4) is 62.1 Å². The van der Waals surface area contributed by atoms with E-state index in [4.69, 9.17) is 13.8 Å². The van der Waals surface area contributed by atoms with Crippen molar-refractivity contribution >= 4 is 32.8 Å². The number of hydrogen-bond acceptors (Lipinski definition) is 2. The standard InChI is InChI=1S/C71H68N4O.Pt/c1-46-36-67(72-44-62(46)48-30-32-52(33-31-48)69(2,3)4)75-65-40-50-23-15-14-22-49(50)39-61(65)60-35-34-57(43-66(60)75)76-56-25-18-24-55(42-56)73-45-74(64-29-17-16-28-63(64)73)68-58(47-20-12-11-13-21-47)26-19-27-59(68)51-37-53(70(5,6)7)41-54(38-51)71(8,9)10;/h11-13,16-21,24-44H,14-15,22-23H2,1-10H3;/i1D3;. The maximum atomic E-state index is 8.83. The molecule has 5 nitrogen and oxygen atoms in total. The Morgan fingerprint density at radius 2 is 1.06 bits per heavy atom. The van der Waals surface area contributed by atoms with E-state index in [1.165, 1.54) is 39.8 Å². The Morgan fingerprint density at radius 3 is 1.74 bits per heavy atom. The van der Waals surface area contributed by atoms with Crippen molar-refractivity contribution in [2.24, 2.45) is 0 Å². The minimum atomic E-state index is -2.39. The van der Waals surface area contributed by atoms with Gasteiger partial charge in [0.05, 0.1) is 0 Å². The van der Waals surface area contributed by atoms with Crippen LogP contribution < -0.4 is 4.74 Å². The van der Waals surface area contributed by atoms with Crippen LogP contribution in [0.1, 0.15) is 113 Å². The average Bonchev–Trinajstić information content (AvgIpc) is 4.13. The quantitative estimate of drug-likeness (QED) is 0.152. The van der Waals surface area contributed by atoms with E-state index < -0.39 is 6.85 Å². The molecule has 0 bridgehead atoms. The molecule has 0 saturated carbocycles. The predicted octanol–water partition coefficient (Wildman–Crippen LogP) is 18.9. The molecule has 0 saturated heterocycles. The number of pyridine rings is 1.